The Morgan fingerprint density at radius 2 is 1.87 bits per heavy atom. The molecule has 2 aliphatic rings. The fraction of sp³-hybridized carbons (Fsp3) is 0.700. The third-order valence-electron chi connectivity index (χ3n) is 5.69. The minimum atomic E-state index is 0.503. The Morgan fingerprint density at radius 1 is 1.17 bits per heavy atom. The van der Waals surface area contributed by atoms with Gasteiger partial charge >= 0.3 is 0 Å². The molecule has 0 bridgehead atoms. The summed E-state index contributed by atoms with van der Waals surface area (Å²) in [5, 5.41) is 0. The summed E-state index contributed by atoms with van der Waals surface area (Å²) in [5.74, 6) is 1.54. The van der Waals surface area contributed by atoms with E-state index < -0.39 is 0 Å². The number of rotatable bonds is 5. The van der Waals surface area contributed by atoms with Gasteiger partial charge in [-0.05, 0) is 48.8 Å². The van der Waals surface area contributed by atoms with Gasteiger partial charge in [0.15, 0.2) is 0 Å². The zero-order valence-electron chi connectivity index (χ0n) is 15.3. The van der Waals surface area contributed by atoms with E-state index in [0.717, 1.165) is 5.75 Å². The van der Waals surface area contributed by atoms with Gasteiger partial charge < -0.3 is 14.5 Å². The maximum Gasteiger partial charge on any atom is 0.124 e. The molecule has 2 aliphatic heterocycles. The van der Waals surface area contributed by atoms with Crippen LogP contribution in [-0.2, 0) is 0 Å². The zero-order valence-corrected chi connectivity index (χ0v) is 15.3. The molecule has 23 heavy (non-hydrogen) atoms. The SMILES string of the molecule is CCCN1CC2(CCN(c3ccc(C(C)C)c(OC)c3)CC2)C1. The zero-order chi connectivity index (χ0) is 16.4. The highest BCUT2D eigenvalue weighted by Crippen LogP contribution is 2.42. The monoisotopic (exact) mass is 316 g/mol. The van der Waals surface area contributed by atoms with E-state index in [1.807, 2.05) is 0 Å². The number of ether oxygens (including phenoxy) is 1. The third kappa shape index (κ3) is 3.35. The molecule has 0 N–H and O–H groups in total. The molecule has 2 saturated heterocycles. The second-order valence-electron chi connectivity index (χ2n) is 7.78. The van der Waals surface area contributed by atoms with E-state index in [1.54, 1.807) is 7.11 Å². The van der Waals surface area contributed by atoms with Crippen LogP contribution in [0.2, 0.25) is 0 Å². The number of benzene rings is 1. The Morgan fingerprint density at radius 3 is 2.43 bits per heavy atom. The van der Waals surface area contributed by atoms with E-state index in [2.05, 4.69) is 48.8 Å². The van der Waals surface area contributed by atoms with Gasteiger partial charge in [-0.15, -0.1) is 0 Å². The highest BCUT2D eigenvalue weighted by Gasteiger charge is 2.44. The minimum absolute atomic E-state index is 0.503. The molecule has 0 radical (unpaired) electrons. The summed E-state index contributed by atoms with van der Waals surface area (Å²) in [7, 11) is 1.78. The average molecular weight is 316 g/mol. The third-order valence-corrected chi connectivity index (χ3v) is 5.69. The van der Waals surface area contributed by atoms with Crippen molar-refractivity contribution in [2.45, 2.75) is 46.0 Å². The normalized spacial score (nSPS) is 20.8. The number of anilines is 1. The average Bonchev–Trinajstić information content (AvgIpc) is 2.53. The van der Waals surface area contributed by atoms with Gasteiger partial charge in [0.2, 0.25) is 0 Å². The van der Waals surface area contributed by atoms with Crippen LogP contribution in [0, 0.1) is 5.41 Å². The van der Waals surface area contributed by atoms with Gasteiger partial charge in [-0.1, -0.05) is 26.8 Å². The summed E-state index contributed by atoms with van der Waals surface area (Å²) in [6.07, 6.45) is 3.95. The molecular formula is C20H32N2O. The topological polar surface area (TPSA) is 15.7 Å². The largest absolute Gasteiger partial charge is 0.496 e. The second-order valence-corrected chi connectivity index (χ2v) is 7.78. The van der Waals surface area contributed by atoms with Crippen molar-refractivity contribution in [2.75, 3.05) is 44.7 Å². The smallest absolute Gasteiger partial charge is 0.124 e. The lowest BCUT2D eigenvalue weighted by molar-refractivity contribution is -0.0178. The summed E-state index contributed by atoms with van der Waals surface area (Å²) in [4.78, 5) is 5.16. The maximum atomic E-state index is 5.62. The van der Waals surface area contributed by atoms with Crippen molar-refractivity contribution in [2.24, 2.45) is 5.41 Å². The second kappa shape index (κ2) is 6.72. The van der Waals surface area contributed by atoms with Gasteiger partial charge in [-0.25, -0.2) is 0 Å². The van der Waals surface area contributed by atoms with Crippen molar-refractivity contribution >= 4 is 5.69 Å². The molecule has 1 aromatic carbocycles. The summed E-state index contributed by atoms with van der Waals surface area (Å²) in [5.41, 5.74) is 3.25. The van der Waals surface area contributed by atoms with Crippen LogP contribution in [0.1, 0.15) is 51.5 Å². The summed E-state index contributed by atoms with van der Waals surface area (Å²) >= 11 is 0. The number of hydrogen-bond donors (Lipinski definition) is 0. The Balaban J connectivity index is 1.62. The predicted octanol–water partition coefficient (Wildman–Crippen LogP) is 4.13. The number of hydrogen-bond acceptors (Lipinski definition) is 3. The number of piperidine rings is 1. The van der Waals surface area contributed by atoms with E-state index in [-0.39, 0.29) is 0 Å². The van der Waals surface area contributed by atoms with Crippen LogP contribution in [0.25, 0.3) is 0 Å². The van der Waals surface area contributed by atoms with Crippen LogP contribution in [0.15, 0.2) is 18.2 Å². The van der Waals surface area contributed by atoms with Crippen LogP contribution >= 0.6 is 0 Å². The molecule has 3 heteroatoms. The van der Waals surface area contributed by atoms with Crippen molar-refractivity contribution in [1.82, 2.24) is 4.90 Å². The van der Waals surface area contributed by atoms with E-state index in [0.29, 0.717) is 11.3 Å². The van der Waals surface area contributed by atoms with Gasteiger partial charge in [0.05, 0.1) is 7.11 Å². The van der Waals surface area contributed by atoms with Crippen molar-refractivity contribution in [3.05, 3.63) is 23.8 Å². The van der Waals surface area contributed by atoms with Crippen molar-refractivity contribution in [3.63, 3.8) is 0 Å². The van der Waals surface area contributed by atoms with Crippen LogP contribution in [0.3, 0.4) is 0 Å². The molecule has 0 unspecified atom stereocenters. The first-order valence-corrected chi connectivity index (χ1v) is 9.22. The lowest BCUT2D eigenvalue weighted by Crippen LogP contribution is -2.60. The lowest BCUT2D eigenvalue weighted by atomic mass is 9.72. The molecule has 2 heterocycles. The van der Waals surface area contributed by atoms with Gasteiger partial charge in [-0.2, -0.15) is 0 Å². The quantitative estimate of drug-likeness (QED) is 0.812. The minimum Gasteiger partial charge on any atom is -0.496 e. The van der Waals surface area contributed by atoms with E-state index in [9.17, 15) is 0 Å². The molecule has 1 spiro atoms. The van der Waals surface area contributed by atoms with Crippen molar-refractivity contribution in [1.29, 1.82) is 0 Å². The van der Waals surface area contributed by atoms with Crippen molar-refractivity contribution in [3.8, 4) is 5.75 Å². The van der Waals surface area contributed by atoms with Gasteiger partial charge in [-0.3, -0.25) is 0 Å². The molecule has 3 rings (SSSR count). The Bertz CT molecular complexity index is 524. The standard InChI is InChI=1S/C20H32N2O/c1-5-10-21-14-20(15-21)8-11-22(12-9-20)17-6-7-18(16(2)3)19(13-17)23-4/h6-7,13,16H,5,8-12,14-15H2,1-4H3. The molecule has 2 fully saturated rings. The predicted molar refractivity (Wildman–Crippen MR) is 97.7 cm³/mol. The van der Waals surface area contributed by atoms with Crippen LogP contribution in [0.4, 0.5) is 5.69 Å². The highest BCUT2D eigenvalue weighted by atomic mass is 16.5. The van der Waals surface area contributed by atoms with Crippen LogP contribution < -0.4 is 9.64 Å². The Labute approximate surface area is 141 Å². The molecule has 1 aromatic rings. The molecule has 0 aliphatic carbocycles. The van der Waals surface area contributed by atoms with Crippen LogP contribution in [0.5, 0.6) is 5.75 Å². The molecular weight excluding hydrogens is 284 g/mol. The summed E-state index contributed by atoms with van der Waals surface area (Å²) in [6.45, 7) is 13.0. The summed E-state index contributed by atoms with van der Waals surface area (Å²) in [6, 6.07) is 6.76. The first kappa shape index (κ1) is 16.6. The molecule has 128 valence electrons. The fourth-order valence-corrected chi connectivity index (χ4v) is 4.31. The number of nitrogens with zero attached hydrogens (tertiary/aromatic N) is 2. The number of methoxy groups -OCH3 is 1. The molecule has 0 aromatic heterocycles. The first-order chi connectivity index (χ1) is 11.1. The summed E-state index contributed by atoms with van der Waals surface area (Å²) < 4.78 is 5.62. The Hall–Kier alpha value is -1.22. The van der Waals surface area contributed by atoms with E-state index in [1.165, 1.54) is 63.2 Å². The van der Waals surface area contributed by atoms with Crippen molar-refractivity contribution < 1.29 is 4.74 Å². The van der Waals surface area contributed by atoms with E-state index >= 15 is 0 Å². The van der Waals surface area contributed by atoms with E-state index in [4.69, 9.17) is 4.74 Å². The first-order valence-electron chi connectivity index (χ1n) is 9.22. The Kier molecular flexibility index (Phi) is 4.86. The highest BCUT2D eigenvalue weighted by molar-refractivity contribution is 5.55. The van der Waals surface area contributed by atoms with Gasteiger partial charge in [0.1, 0.15) is 5.75 Å². The van der Waals surface area contributed by atoms with Crippen LogP contribution in [-0.4, -0.2) is 44.7 Å². The molecule has 0 saturated carbocycles. The maximum absolute atomic E-state index is 5.62. The van der Waals surface area contributed by atoms with Gasteiger partial charge in [0, 0.05) is 37.9 Å². The molecule has 3 nitrogen and oxygen atoms in total. The van der Waals surface area contributed by atoms with Gasteiger partial charge in [0.25, 0.3) is 0 Å². The fourth-order valence-electron chi connectivity index (χ4n) is 4.31. The molecule has 0 atom stereocenters. The number of likely N-dealkylation sites (tertiary alicyclic amines) is 1. The lowest BCUT2D eigenvalue weighted by Gasteiger charge is -2.54. The molecule has 0 amide bonds.